The highest BCUT2D eigenvalue weighted by molar-refractivity contribution is 6.34. The van der Waals surface area contributed by atoms with Crippen LogP contribution in [0.1, 0.15) is 37.0 Å². The highest BCUT2D eigenvalue weighted by atomic mass is 35.5. The smallest absolute Gasteiger partial charge is 0.349 e. The second kappa shape index (κ2) is 6.09. The van der Waals surface area contributed by atoms with Crippen LogP contribution in [0.15, 0.2) is 33.5 Å². The van der Waals surface area contributed by atoms with Crippen LogP contribution >= 0.6 is 11.6 Å². The number of carbonyl (C=O) groups is 1. The lowest BCUT2D eigenvalue weighted by atomic mass is 10.1. The Hall–Kier alpha value is -1.81. The van der Waals surface area contributed by atoms with E-state index in [9.17, 15) is 9.59 Å². The minimum absolute atomic E-state index is 0.00252. The average molecular weight is 294 g/mol. The van der Waals surface area contributed by atoms with Gasteiger partial charge in [-0.05, 0) is 25.5 Å². The zero-order valence-electron chi connectivity index (χ0n) is 11.4. The largest absolute Gasteiger partial charge is 0.421 e. The van der Waals surface area contributed by atoms with Crippen molar-refractivity contribution in [3.05, 3.63) is 45.3 Å². The molecule has 1 heterocycles. The molecule has 0 radical (unpaired) electrons. The summed E-state index contributed by atoms with van der Waals surface area (Å²) in [5, 5.41) is 3.77. The van der Waals surface area contributed by atoms with Crippen molar-refractivity contribution in [2.45, 2.75) is 32.7 Å². The SMILES string of the molecule is CCC[C@H](C)NC(=O)c1cc2cccc(Cl)c2oc1=O. The molecule has 1 N–H and O–H groups in total. The summed E-state index contributed by atoms with van der Waals surface area (Å²) < 4.78 is 5.14. The van der Waals surface area contributed by atoms with E-state index in [2.05, 4.69) is 5.32 Å². The molecule has 0 aliphatic rings. The molecule has 1 amide bonds. The normalized spacial score (nSPS) is 12.3. The number of benzene rings is 1. The minimum Gasteiger partial charge on any atom is -0.421 e. The van der Waals surface area contributed by atoms with E-state index in [1.54, 1.807) is 18.2 Å². The molecule has 0 saturated carbocycles. The van der Waals surface area contributed by atoms with Gasteiger partial charge in [0.1, 0.15) is 5.56 Å². The van der Waals surface area contributed by atoms with E-state index < -0.39 is 11.5 Å². The number of hydrogen-bond donors (Lipinski definition) is 1. The molecule has 0 bridgehead atoms. The van der Waals surface area contributed by atoms with Crippen molar-refractivity contribution < 1.29 is 9.21 Å². The zero-order chi connectivity index (χ0) is 14.7. The predicted octanol–water partition coefficient (Wildman–Crippen LogP) is 3.36. The van der Waals surface area contributed by atoms with Gasteiger partial charge in [0, 0.05) is 11.4 Å². The van der Waals surface area contributed by atoms with Crippen LogP contribution in [0.4, 0.5) is 0 Å². The van der Waals surface area contributed by atoms with E-state index in [1.165, 1.54) is 6.07 Å². The molecular weight excluding hydrogens is 278 g/mol. The van der Waals surface area contributed by atoms with Gasteiger partial charge >= 0.3 is 5.63 Å². The number of nitrogens with one attached hydrogen (secondary N) is 1. The van der Waals surface area contributed by atoms with Gasteiger partial charge in [-0.3, -0.25) is 4.79 Å². The molecule has 0 spiro atoms. The predicted molar refractivity (Wildman–Crippen MR) is 79.3 cm³/mol. The number of para-hydroxylation sites is 1. The summed E-state index contributed by atoms with van der Waals surface area (Å²) >= 11 is 5.95. The first-order valence-electron chi connectivity index (χ1n) is 6.56. The number of rotatable bonds is 4. The van der Waals surface area contributed by atoms with Crippen molar-refractivity contribution in [3.8, 4) is 0 Å². The van der Waals surface area contributed by atoms with E-state index in [0.29, 0.717) is 16.0 Å². The van der Waals surface area contributed by atoms with E-state index in [0.717, 1.165) is 12.8 Å². The average Bonchev–Trinajstić information content (AvgIpc) is 2.39. The van der Waals surface area contributed by atoms with E-state index >= 15 is 0 Å². The summed E-state index contributed by atoms with van der Waals surface area (Å²) in [6.45, 7) is 3.94. The second-order valence-corrected chi connectivity index (χ2v) is 5.18. The maximum Gasteiger partial charge on any atom is 0.349 e. The summed E-state index contributed by atoms with van der Waals surface area (Å²) in [5.74, 6) is -0.415. The van der Waals surface area contributed by atoms with E-state index in [1.807, 2.05) is 13.8 Å². The van der Waals surface area contributed by atoms with Gasteiger partial charge < -0.3 is 9.73 Å². The molecule has 1 aromatic heterocycles. The molecule has 2 rings (SSSR count). The fraction of sp³-hybridized carbons (Fsp3) is 0.333. The van der Waals surface area contributed by atoms with E-state index in [-0.39, 0.29) is 11.6 Å². The third kappa shape index (κ3) is 3.02. The van der Waals surface area contributed by atoms with Crippen LogP contribution in [0.25, 0.3) is 11.0 Å². The van der Waals surface area contributed by atoms with Gasteiger partial charge in [0.2, 0.25) is 0 Å². The number of carbonyl (C=O) groups excluding carboxylic acids is 1. The monoisotopic (exact) mass is 293 g/mol. The second-order valence-electron chi connectivity index (χ2n) is 4.77. The van der Waals surface area contributed by atoms with Crippen LogP contribution in [0.5, 0.6) is 0 Å². The molecule has 4 nitrogen and oxygen atoms in total. The minimum atomic E-state index is -0.674. The van der Waals surface area contributed by atoms with Gasteiger partial charge in [-0.1, -0.05) is 37.1 Å². The molecule has 2 aromatic rings. The van der Waals surface area contributed by atoms with Gasteiger partial charge in [-0.2, -0.15) is 0 Å². The van der Waals surface area contributed by atoms with Crippen LogP contribution in [0.3, 0.4) is 0 Å². The van der Waals surface area contributed by atoms with Gasteiger partial charge in [0.05, 0.1) is 5.02 Å². The summed E-state index contributed by atoms with van der Waals surface area (Å²) in [4.78, 5) is 24.0. The lowest BCUT2D eigenvalue weighted by molar-refractivity contribution is 0.0935. The Morgan fingerprint density at radius 2 is 2.20 bits per heavy atom. The lowest BCUT2D eigenvalue weighted by Gasteiger charge is -2.12. The quantitative estimate of drug-likeness (QED) is 0.879. The van der Waals surface area contributed by atoms with Gasteiger partial charge in [0.15, 0.2) is 5.58 Å². The van der Waals surface area contributed by atoms with Gasteiger partial charge in [0.25, 0.3) is 5.91 Å². The van der Waals surface area contributed by atoms with Crippen molar-refractivity contribution in [2.75, 3.05) is 0 Å². The molecule has 0 unspecified atom stereocenters. The molecular formula is C15H16ClNO3. The summed E-state index contributed by atoms with van der Waals surface area (Å²) in [5.41, 5.74) is -0.369. The fourth-order valence-electron chi connectivity index (χ4n) is 2.07. The van der Waals surface area contributed by atoms with Crippen molar-refractivity contribution in [2.24, 2.45) is 0 Å². The third-order valence-corrected chi connectivity index (χ3v) is 3.35. The number of hydrogen-bond acceptors (Lipinski definition) is 3. The first-order valence-corrected chi connectivity index (χ1v) is 6.94. The molecule has 106 valence electrons. The fourth-order valence-corrected chi connectivity index (χ4v) is 2.29. The molecule has 0 saturated heterocycles. The highest BCUT2D eigenvalue weighted by Gasteiger charge is 2.16. The van der Waals surface area contributed by atoms with Crippen molar-refractivity contribution in [1.29, 1.82) is 0 Å². The molecule has 0 aliphatic carbocycles. The maximum absolute atomic E-state index is 12.1. The van der Waals surface area contributed by atoms with Crippen LogP contribution in [0.2, 0.25) is 5.02 Å². The Bertz CT molecular complexity index is 693. The Morgan fingerprint density at radius 1 is 1.45 bits per heavy atom. The number of fused-ring (bicyclic) bond motifs is 1. The molecule has 5 heteroatoms. The Morgan fingerprint density at radius 3 is 2.90 bits per heavy atom. The van der Waals surface area contributed by atoms with Crippen LogP contribution in [-0.2, 0) is 0 Å². The van der Waals surface area contributed by atoms with E-state index in [4.69, 9.17) is 16.0 Å². The summed E-state index contributed by atoms with van der Waals surface area (Å²) in [6.07, 6.45) is 1.82. The van der Waals surface area contributed by atoms with Gasteiger partial charge in [-0.15, -0.1) is 0 Å². The van der Waals surface area contributed by atoms with Crippen LogP contribution in [0, 0.1) is 0 Å². The van der Waals surface area contributed by atoms with Crippen molar-refractivity contribution in [1.82, 2.24) is 5.32 Å². The molecule has 0 fully saturated rings. The van der Waals surface area contributed by atoms with Crippen molar-refractivity contribution >= 4 is 28.5 Å². The molecule has 20 heavy (non-hydrogen) atoms. The number of amides is 1. The Kier molecular flexibility index (Phi) is 4.45. The number of halogens is 1. The molecule has 1 atom stereocenters. The third-order valence-electron chi connectivity index (χ3n) is 3.06. The maximum atomic E-state index is 12.1. The molecule has 1 aromatic carbocycles. The first kappa shape index (κ1) is 14.6. The lowest BCUT2D eigenvalue weighted by Crippen LogP contribution is -2.35. The summed E-state index contributed by atoms with van der Waals surface area (Å²) in [6, 6.07) is 6.65. The standard InChI is InChI=1S/C15H16ClNO3/c1-3-5-9(2)17-14(18)11-8-10-6-4-7-12(16)13(10)20-15(11)19/h4,6-9H,3,5H2,1-2H3,(H,17,18)/t9-/m0/s1. The van der Waals surface area contributed by atoms with Gasteiger partial charge in [-0.25, -0.2) is 4.79 Å². The zero-order valence-corrected chi connectivity index (χ0v) is 12.2. The Balaban J connectivity index is 2.38. The topological polar surface area (TPSA) is 59.3 Å². The molecule has 0 aliphatic heterocycles. The Labute approximate surface area is 121 Å². The first-order chi connectivity index (χ1) is 9.52. The van der Waals surface area contributed by atoms with Crippen molar-refractivity contribution in [3.63, 3.8) is 0 Å². The highest BCUT2D eigenvalue weighted by Crippen LogP contribution is 2.22. The van der Waals surface area contributed by atoms with Crippen LogP contribution < -0.4 is 10.9 Å². The van der Waals surface area contributed by atoms with Crippen LogP contribution in [-0.4, -0.2) is 11.9 Å². The summed E-state index contributed by atoms with van der Waals surface area (Å²) in [7, 11) is 0.